The lowest BCUT2D eigenvalue weighted by molar-refractivity contribution is -0.136. The van der Waals surface area contributed by atoms with Gasteiger partial charge in [0.1, 0.15) is 11.5 Å². The fourth-order valence-electron chi connectivity index (χ4n) is 1.83. The molecular weight excluding hydrogens is 424 g/mol. The van der Waals surface area contributed by atoms with E-state index in [0.29, 0.717) is 19.8 Å². The topological polar surface area (TPSA) is 75.1 Å². The average Bonchev–Trinajstić information content (AvgIpc) is 2.61. The van der Waals surface area contributed by atoms with E-state index < -0.39 is 17.5 Å². The maximum absolute atomic E-state index is 14.4. The summed E-state index contributed by atoms with van der Waals surface area (Å²) in [6, 6.07) is 7.49. The standard InChI is InChI=1S/C16H9Cl3FN3O2S/c1-25-16(24)14(22-23-21)5-8-4-12(19)15(7-13(8)20)26-9-2-3-10(17)11(18)6-9/h2-7H,1H3/b14-5-. The molecule has 0 N–H and O–H groups in total. The fraction of sp³-hybridized carbons (Fsp3) is 0.0625. The van der Waals surface area contributed by atoms with Crippen LogP contribution in [-0.4, -0.2) is 13.1 Å². The number of benzene rings is 2. The van der Waals surface area contributed by atoms with E-state index >= 15 is 0 Å². The van der Waals surface area contributed by atoms with Crippen molar-refractivity contribution in [1.82, 2.24) is 0 Å². The Morgan fingerprint density at radius 2 is 1.96 bits per heavy atom. The van der Waals surface area contributed by atoms with E-state index in [9.17, 15) is 9.18 Å². The van der Waals surface area contributed by atoms with Crippen molar-refractivity contribution in [2.24, 2.45) is 5.11 Å². The zero-order chi connectivity index (χ0) is 19.3. The quantitative estimate of drug-likeness (QED) is 0.172. The number of methoxy groups -OCH3 is 1. The summed E-state index contributed by atoms with van der Waals surface area (Å²) in [6.07, 6.45) is 1.06. The van der Waals surface area contributed by atoms with Gasteiger partial charge in [-0.15, -0.1) is 0 Å². The SMILES string of the molecule is COC(=O)/C(=C/c1cc(Cl)c(Sc2ccc(Cl)c(Cl)c2)cc1F)N=[N+]=[N-]. The highest BCUT2D eigenvalue weighted by Gasteiger charge is 2.13. The van der Waals surface area contributed by atoms with Crippen molar-refractivity contribution in [2.45, 2.75) is 9.79 Å². The lowest BCUT2D eigenvalue weighted by atomic mass is 10.2. The first-order valence-corrected chi connectivity index (χ1v) is 8.77. The highest BCUT2D eigenvalue weighted by Crippen LogP contribution is 2.37. The van der Waals surface area contributed by atoms with Crippen LogP contribution in [-0.2, 0) is 9.53 Å². The largest absolute Gasteiger partial charge is 0.466 e. The van der Waals surface area contributed by atoms with Gasteiger partial charge >= 0.3 is 5.97 Å². The van der Waals surface area contributed by atoms with Gasteiger partial charge in [-0.1, -0.05) is 51.7 Å². The van der Waals surface area contributed by atoms with Crippen LogP contribution in [0.4, 0.5) is 4.39 Å². The molecular formula is C16H9Cl3FN3O2S. The van der Waals surface area contributed by atoms with Gasteiger partial charge in [0, 0.05) is 20.3 Å². The molecule has 0 saturated heterocycles. The Bertz CT molecular complexity index is 947. The zero-order valence-corrected chi connectivity index (χ0v) is 16.1. The van der Waals surface area contributed by atoms with E-state index in [-0.39, 0.29) is 10.6 Å². The number of hydrogen-bond acceptors (Lipinski definition) is 4. The fourth-order valence-corrected chi connectivity index (χ4v) is 3.36. The third-order valence-electron chi connectivity index (χ3n) is 3.01. The molecule has 0 spiro atoms. The summed E-state index contributed by atoms with van der Waals surface area (Å²) in [7, 11) is 1.11. The van der Waals surface area contributed by atoms with E-state index in [1.54, 1.807) is 18.2 Å². The molecule has 0 aliphatic heterocycles. The third-order valence-corrected chi connectivity index (χ3v) is 5.22. The molecule has 0 aromatic heterocycles. The lowest BCUT2D eigenvalue weighted by Crippen LogP contribution is -2.02. The van der Waals surface area contributed by atoms with Crippen molar-refractivity contribution in [3.63, 3.8) is 0 Å². The Kier molecular flexibility index (Phi) is 7.20. The lowest BCUT2D eigenvalue weighted by Gasteiger charge is -2.08. The molecule has 0 aliphatic carbocycles. The van der Waals surface area contributed by atoms with Gasteiger partial charge < -0.3 is 4.74 Å². The molecule has 0 unspecified atom stereocenters. The third kappa shape index (κ3) is 5.06. The molecule has 0 atom stereocenters. The van der Waals surface area contributed by atoms with Crippen molar-refractivity contribution in [1.29, 1.82) is 0 Å². The number of esters is 1. The second-order valence-corrected chi connectivity index (χ2v) is 7.03. The first-order valence-electron chi connectivity index (χ1n) is 6.82. The molecule has 0 heterocycles. The molecule has 0 amide bonds. The minimum Gasteiger partial charge on any atom is -0.466 e. The highest BCUT2D eigenvalue weighted by atomic mass is 35.5. The van der Waals surface area contributed by atoms with Gasteiger partial charge in [-0.3, -0.25) is 0 Å². The maximum Gasteiger partial charge on any atom is 0.340 e. The van der Waals surface area contributed by atoms with Crippen LogP contribution in [0.2, 0.25) is 15.1 Å². The molecule has 5 nitrogen and oxygen atoms in total. The van der Waals surface area contributed by atoms with Crippen molar-refractivity contribution in [3.05, 3.63) is 72.9 Å². The van der Waals surface area contributed by atoms with E-state index in [4.69, 9.17) is 40.3 Å². The summed E-state index contributed by atoms with van der Waals surface area (Å²) in [5.41, 5.74) is 8.08. The monoisotopic (exact) mass is 431 g/mol. The Hall–Kier alpha value is -1.89. The van der Waals surface area contributed by atoms with Gasteiger partial charge in [-0.05, 0) is 41.9 Å². The molecule has 0 saturated carbocycles. The van der Waals surface area contributed by atoms with Crippen molar-refractivity contribution in [2.75, 3.05) is 7.11 Å². The number of halogens is 4. The Balaban J connectivity index is 2.39. The predicted octanol–water partition coefficient (Wildman–Crippen LogP) is 6.76. The molecule has 2 aromatic rings. The molecule has 134 valence electrons. The Labute approximate surface area is 167 Å². The van der Waals surface area contributed by atoms with Gasteiger partial charge in [0.25, 0.3) is 0 Å². The van der Waals surface area contributed by atoms with Crippen LogP contribution in [0.1, 0.15) is 5.56 Å². The van der Waals surface area contributed by atoms with Crippen LogP contribution in [0.5, 0.6) is 0 Å². The molecule has 0 radical (unpaired) electrons. The van der Waals surface area contributed by atoms with Gasteiger partial charge in [0.15, 0.2) is 0 Å². The average molecular weight is 433 g/mol. The minimum absolute atomic E-state index is 0.0266. The van der Waals surface area contributed by atoms with Crippen LogP contribution >= 0.6 is 46.6 Å². The summed E-state index contributed by atoms with van der Waals surface area (Å²) < 4.78 is 18.9. The van der Waals surface area contributed by atoms with Crippen LogP contribution in [0.3, 0.4) is 0 Å². The van der Waals surface area contributed by atoms with Crippen LogP contribution in [0.15, 0.2) is 50.9 Å². The summed E-state index contributed by atoms with van der Waals surface area (Å²) >= 11 is 19.2. The van der Waals surface area contributed by atoms with Gasteiger partial charge in [-0.25, -0.2) is 9.18 Å². The van der Waals surface area contributed by atoms with Crippen molar-refractivity contribution in [3.8, 4) is 0 Å². The second kappa shape index (κ2) is 9.16. The van der Waals surface area contributed by atoms with Crippen molar-refractivity contribution >= 4 is 58.6 Å². The normalized spacial score (nSPS) is 11.0. The number of carbonyl (C=O) groups is 1. The van der Waals surface area contributed by atoms with Gasteiger partial charge in [0.05, 0.1) is 22.2 Å². The first kappa shape index (κ1) is 20.4. The molecule has 26 heavy (non-hydrogen) atoms. The minimum atomic E-state index is -0.896. The second-order valence-electron chi connectivity index (χ2n) is 4.69. The number of ether oxygens (including phenoxy) is 1. The van der Waals surface area contributed by atoms with E-state index in [1.807, 2.05) is 0 Å². The van der Waals surface area contributed by atoms with E-state index in [1.165, 1.54) is 23.9 Å². The first-order chi connectivity index (χ1) is 12.3. The highest BCUT2D eigenvalue weighted by molar-refractivity contribution is 7.99. The van der Waals surface area contributed by atoms with E-state index in [0.717, 1.165) is 13.2 Å². The maximum atomic E-state index is 14.4. The molecule has 2 aromatic carbocycles. The number of azide groups is 1. The predicted molar refractivity (Wildman–Crippen MR) is 101 cm³/mol. The summed E-state index contributed by atoms with van der Waals surface area (Å²) in [5, 5.41) is 4.20. The number of carbonyl (C=O) groups excluding carboxylic acids is 1. The molecule has 0 aliphatic rings. The smallest absolute Gasteiger partial charge is 0.340 e. The molecule has 2 rings (SSSR count). The van der Waals surface area contributed by atoms with Crippen LogP contribution in [0, 0.1) is 5.82 Å². The molecule has 0 fully saturated rings. The van der Waals surface area contributed by atoms with Gasteiger partial charge in [-0.2, -0.15) is 0 Å². The Morgan fingerprint density at radius 1 is 1.23 bits per heavy atom. The van der Waals surface area contributed by atoms with E-state index in [2.05, 4.69) is 14.8 Å². The van der Waals surface area contributed by atoms with Crippen LogP contribution < -0.4 is 0 Å². The zero-order valence-electron chi connectivity index (χ0n) is 13.0. The summed E-state index contributed by atoms with van der Waals surface area (Å²) in [4.78, 5) is 15.2. The van der Waals surface area contributed by atoms with Crippen LogP contribution in [0.25, 0.3) is 16.5 Å². The summed E-state index contributed by atoms with van der Waals surface area (Å²) in [5.74, 6) is -1.56. The van der Waals surface area contributed by atoms with Gasteiger partial charge in [0.2, 0.25) is 0 Å². The van der Waals surface area contributed by atoms with Crippen molar-refractivity contribution < 1.29 is 13.9 Å². The number of rotatable bonds is 5. The molecule has 0 bridgehead atoms. The molecule has 10 heteroatoms. The summed E-state index contributed by atoms with van der Waals surface area (Å²) in [6.45, 7) is 0. The number of hydrogen-bond donors (Lipinski definition) is 0. The number of nitrogens with zero attached hydrogens (tertiary/aromatic N) is 3. The Morgan fingerprint density at radius 3 is 2.58 bits per heavy atom.